The van der Waals surface area contributed by atoms with E-state index >= 15 is 0 Å². The molecule has 0 fully saturated rings. The van der Waals surface area contributed by atoms with Crippen LogP contribution in [0.3, 0.4) is 0 Å². The third-order valence-electron chi connectivity index (χ3n) is 4.43. The first kappa shape index (κ1) is 15.6. The number of benzene rings is 1. The van der Waals surface area contributed by atoms with Crippen LogP contribution in [0.2, 0.25) is 0 Å². The molecular weight excluding hydrogens is 260 g/mol. The lowest BCUT2D eigenvalue weighted by atomic mass is 9.75. The molecule has 2 rings (SSSR count). The quantitative estimate of drug-likeness (QED) is 0.904. The van der Waals surface area contributed by atoms with Crippen LogP contribution in [0.15, 0.2) is 36.5 Å². The van der Waals surface area contributed by atoms with Gasteiger partial charge in [-0.3, -0.25) is 0 Å². The van der Waals surface area contributed by atoms with E-state index < -0.39 is 6.10 Å². The molecule has 0 spiro atoms. The van der Waals surface area contributed by atoms with E-state index in [2.05, 4.69) is 43.1 Å². The van der Waals surface area contributed by atoms with Gasteiger partial charge in [0.2, 0.25) is 0 Å². The monoisotopic (exact) mass is 284 g/mol. The van der Waals surface area contributed by atoms with E-state index in [1.165, 1.54) is 5.56 Å². The predicted octanol–water partition coefficient (Wildman–Crippen LogP) is 3.94. The second-order valence-electron chi connectivity index (χ2n) is 5.57. The normalized spacial score (nSPS) is 13.2. The average molecular weight is 284 g/mol. The molecule has 0 saturated heterocycles. The fourth-order valence-corrected chi connectivity index (χ4v) is 2.98. The molecular formula is C18H24N2O. The summed E-state index contributed by atoms with van der Waals surface area (Å²) in [6.45, 7) is 8.04. The molecule has 112 valence electrons. The van der Waals surface area contributed by atoms with E-state index in [1.807, 2.05) is 13.0 Å². The first-order valence-electron chi connectivity index (χ1n) is 7.62. The Morgan fingerprint density at radius 1 is 1.14 bits per heavy atom. The van der Waals surface area contributed by atoms with Gasteiger partial charge in [-0.05, 0) is 32.3 Å². The maximum absolute atomic E-state index is 9.75. The van der Waals surface area contributed by atoms with Crippen LogP contribution in [0.4, 0.5) is 0 Å². The number of nitrogens with zero attached hydrogens (tertiary/aromatic N) is 2. The van der Waals surface area contributed by atoms with Crippen LogP contribution >= 0.6 is 0 Å². The maximum Gasteiger partial charge on any atom is 0.139 e. The minimum atomic E-state index is -0.534. The van der Waals surface area contributed by atoms with Crippen molar-refractivity contribution in [3.05, 3.63) is 59.2 Å². The van der Waals surface area contributed by atoms with Crippen molar-refractivity contribution in [3.8, 4) is 0 Å². The molecule has 3 nitrogen and oxygen atoms in total. The fourth-order valence-electron chi connectivity index (χ4n) is 2.98. The van der Waals surface area contributed by atoms with E-state index in [-0.39, 0.29) is 5.41 Å². The summed E-state index contributed by atoms with van der Waals surface area (Å²) in [4.78, 5) is 9.29. The Morgan fingerprint density at radius 2 is 1.76 bits per heavy atom. The van der Waals surface area contributed by atoms with Gasteiger partial charge in [0.05, 0.1) is 11.5 Å². The van der Waals surface area contributed by atoms with Crippen molar-refractivity contribution in [1.29, 1.82) is 0 Å². The van der Waals surface area contributed by atoms with Crippen molar-refractivity contribution >= 4 is 0 Å². The van der Waals surface area contributed by atoms with E-state index in [4.69, 9.17) is 4.98 Å². The molecule has 1 aromatic heterocycles. The second kappa shape index (κ2) is 6.35. The third-order valence-corrected chi connectivity index (χ3v) is 4.43. The zero-order chi connectivity index (χ0) is 15.5. The van der Waals surface area contributed by atoms with Crippen LogP contribution in [0, 0.1) is 6.92 Å². The van der Waals surface area contributed by atoms with Gasteiger partial charge >= 0.3 is 0 Å². The van der Waals surface area contributed by atoms with Crippen LogP contribution in [0.25, 0.3) is 0 Å². The number of aryl methyl sites for hydroxylation is 1. The Balaban J connectivity index is 2.56. The lowest BCUT2D eigenvalue weighted by Crippen LogP contribution is -2.29. The largest absolute Gasteiger partial charge is 0.389 e. The summed E-state index contributed by atoms with van der Waals surface area (Å²) in [7, 11) is 0. The molecule has 21 heavy (non-hydrogen) atoms. The molecule has 0 unspecified atom stereocenters. The molecule has 0 saturated carbocycles. The number of hydrogen-bond acceptors (Lipinski definition) is 3. The van der Waals surface area contributed by atoms with Gasteiger partial charge in [0.15, 0.2) is 0 Å². The van der Waals surface area contributed by atoms with E-state index in [1.54, 1.807) is 13.1 Å². The number of hydrogen-bond donors (Lipinski definition) is 1. The second-order valence-corrected chi connectivity index (χ2v) is 5.57. The van der Waals surface area contributed by atoms with Crippen LogP contribution < -0.4 is 0 Å². The topological polar surface area (TPSA) is 46.0 Å². The highest BCUT2D eigenvalue weighted by molar-refractivity contribution is 5.34. The minimum absolute atomic E-state index is 0.163. The van der Waals surface area contributed by atoms with Gasteiger partial charge < -0.3 is 5.11 Å². The van der Waals surface area contributed by atoms with Gasteiger partial charge in [0.1, 0.15) is 5.82 Å². The number of aromatic nitrogens is 2. The zero-order valence-corrected chi connectivity index (χ0v) is 13.3. The SMILES string of the molecule is CCC(CC)(c1ccccc1)c1ncc([C@H](C)O)c(C)n1. The summed E-state index contributed by atoms with van der Waals surface area (Å²) in [5.74, 6) is 0.848. The van der Waals surface area contributed by atoms with Crippen molar-refractivity contribution < 1.29 is 5.11 Å². The Bertz CT molecular complexity index is 589. The minimum Gasteiger partial charge on any atom is -0.389 e. The van der Waals surface area contributed by atoms with E-state index in [9.17, 15) is 5.11 Å². The Labute approximate surface area is 127 Å². The Kier molecular flexibility index (Phi) is 4.73. The van der Waals surface area contributed by atoms with Gasteiger partial charge in [-0.2, -0.15) is 0 Å². The molecule has 1 heterocycles. The molecule has 0 aliphatic carbocycles. The van der Waals surface area contributed by atoms with Crippen molar-refractivity contribution in [3.63, 3.8) is 0 Å². The zero-order valence-electron chi connectivity index (χ0n) is 13.3. The number of rotatable bonds is 5. The summed E-state index contributed by atoms with van der Waals surface area (Å²) in [5, 5.41) is 9.75. The summed E-state index contributed by atoms with van der Waals surface area (Å²) in [5.41, 5.74) is 2.74. The molecule has 0 amide bonds. The number of aliphatic hydroxyl groups is 1. The molecule has 1 N–H and O–H groups in total. The van der Waals surface area contributed by atoms with E-state index in [0.29, 0.717) is 0 Å². The summed E-state index contributed by atoms with van der Waals surface area (Å²) >= 11 is 0. The lowest BCUT2D eigenvalue weighted by Gasteiger charge is -2.31. The summed E-state index contributed by atoms with van der Waals surface area (Å²) < 4.78 is 0. The molecule has 3 heteroatoms. The van der Waals surface area contributed by atoms with Crippen LogP contribution in [-0.4, -0.2) is 15.1 Å². The van der Waals surface area contributed by atoms with E-state index in [0.717, 1.165) is 29.9 Å². The fraction of sp³-hybridized carbons (Fsp3) is 0.444. The molecule has 1 aromatic carbocycles. The highest BCUT2D eigenvalue weighted by Gasteiger charge is 2.33. The molecule has 0 aliphatic rings. The van der Waals surface area contributed by atoms with Crippen molar-refractivity contribution in [2.24, 2.45) is 0 Å². The maximum atomic E-state index is 9.75. The number of aliphatic hydroxyl groups excluding tert-OH is 1. The van der Waals surface area contributed by atoms with Crippen LogP contribution in [-0.2, 0) is 5.41 Å². The van der Waals surface area contributed by atoms with Gasteiger partial charge in [-0.15, -0.1) is 0 Å². The highest BCUT2D eigenvalue weighted by Crippen LogP contribution is 2.37. The van der Waals surface area contributed by atoms with Crippen LogP contribution in [0.1, 0.15) is 62.4 Å². The molecule has 0 bridgehead atoms. The van der Waals surface area contributed by atoms with Crippen molar-refractivity contribution in [2.75, 3.05) is 0 Å². The smallest absolute Gasteiger partial charge is 0.139 e. The lowest BCUT2D eigenvalue weighted by molar-refractivity contribution is 0.197. The van der Waals surface area contributed by atoms with Gasteiger partial charge in [-0.1, -0.05) is 44.2 Å². The Morgan fingerprint density at radius 3 is 2.24 bits per heavy atom. The van der Waals surface area contributed by atoms with Crippen LogP contribution in [0.5, 0.6) is 0 Å². The first-order valence-corrected chi connectivity index (χ1v) is 7.62. The summed E-state index contributed by atoms with van der Waals surface area (Å²) in [6.07, 6.45) is 3.13. The predicted molar refractivity (Wildman–Crippen MR) is 85.2 cm³/mol. The standard InChI is InChI=1S/C18H24N2O/c1-5-18(6-2,15-10-8-7-9-11-15)17-19-12-16(14(4)21)13(3)20-17/h7-12,14,21H,5-6H2,1-4H3/t14-/m0/s1. The first-order chi connectivity index (χ1) is 10.0. The molecule has 2 aromatic rings. The van der Waals surface area contributed by atoms with Gasteiger partial charge in [0, 0.05) is 17.5 Å². The van der Waals surface area contributed by atoms with Crippen molar-refractivity contribution in [1.82, 2.24) is 9.97 Å². The average Bonchev–Trinajstić information content (AvgIpc) is 2.50. The Hall–Kier alpha value is -1.74. The molecule has 0 radical (unpaired) electrons. The van der Waals surface area contributed by atoms with Crippen molar-refractivity contribution in [2.45, 2.75) is 52.1 Å². The highest BCUT2D eigenvalue weighted by atomic mass is 16.3. The third kappa shape index (κ3) is 2.84. The molecule has 0 aliphatic heterocycles. The van der Waals surface area contributed by atoms with Gasteiger partial charge in [-0.25, -0.2) is 9.97 Å². The van der Waals surface area contributed by atoms with Gasteiger partial charge in [0.25, 0.3) is 0 Å². The summed E-state index contributed by atoms with van der Waals surface area (Å²) in [6, 6.07) is 10.4. The molecule has 1 atom stereocenters.